The summed E-state index contributed by atoms with van der Waals surface area (Å²) in [6.07, 6.45) is 1.30. The number of hydrogen-bond acceptors (Lipinski definition) is 1. The average molecular weight is 155 g/mol. The van der Waals surface area contributed by atoms with Gasteiger partial charge in [0.1, 0.15) is 0 Å². The van der Waals surface area contributed by atoms with Gasteiger partial charge in [0.25, 0.3) is 0 Å². The Morgan fingerprint density at radius 1 is 1.12 bits per heavy atom. The monoisotopic (exact) mass is 155 g/mol. The van der Waals surface area contributed by atoms with E-state index in [1.807, 2.05) is 11.8 Å². The first-order valence-corrected chi connectivity index (χ1v) is 3.86. The van der Waals surface area contributed by atoms with Crippen molar-refractivity contribution in [2.24, 2.45) is 0 Å². The van der Waals surface area contributed by atoms with Gasteiger partial charge in [0.2, 0.25) is 0 Å². The van der Waals surface area contributed by atoms with Crippen LogP contribution in [0, 0.1) is 0 Å². The van der Waals surface area contributed by atoms with Gasteiger partial charge in [-0.05, 0) is 11.5 Å². The van der Waals surface area contributed by atoms with Crippen molar-refractivity contribution >= 4 is 11.8 Å². The fourth-order valence-electron chi connectivity index (χ4n) is 0.621. The minimum Gasteiger partial charge on any atom is -0.662 e. The van der Waals surface area contributed by atoms with Gasteiger partial charge in [0, 0.05) is 0 Å². The second-order valence-electron chi connectivity index (χ2n) is 1.64. The molecule has 0 saturated carbocycles. The molecule has 0 aliphatic carbocycles. The third-order valence-corrected chi connectivity index (χ3v) is 2.05. The number of thioether (sulfide) groups is 1. The predicted octanol–water partition coefficient (Wildman–Crippen LogP) is -1.50. The molecule has 1 heterocycles. The van der Waals surface area contributed by atoms with Crippen LogP contribution >= 0.6 is 11.8 Å². The van der Waals surface area contributed by atoms with Crippen LogP contribution in [0.3, 0.4) is 0 Å². The third-order valence-electron chi connectivity index (χ3n) is 0.999. The molecule has 42 valence electrons. The van der Waals surface area contributed by atoms with Crippen LogP contribution in [0.25, 0.3) is 5.32 Å². The zero-order chi connectivity index (χ0) is 4.95. The Morgan fingerprint density at radius 3 is 2.88 bits per heavy atom. The van der Waals surface area contributed by atoms with E-state index in [1.54, 1.807) is 0 Å². The normalized spacial score (nSPS) is 21.0. The Kier molecular flexibility index (Phi) is 8.78. The van der Waals surface area contributed by atoms with Crippen LogP contribution in [0.15, 0.2) is 0 Å². The van der Waals surface area contributed by atoms with Crippen LogP contribution in [0.2, 0.25) is 0 Å². The summed E-state index contributed by atoms with van der Waals surface area (Å²) in [5.74, 6) is 2.57. The average Bonchev–Trinajstić information content (AvgIpc) is 1.90. The summed E-state index contributed by atoms with van der Waals surface area (Å²) in [7, 11) is 0. The van der Waals surface area contributed by atoms with Crippen LogP contribution in [0.4, 0.5) is 0 Å². The quantitative estimate of drug-likeness (QED) is 0.388. The van der Waals surface area contributed by atoms with E-state index >= 15 is 0 Å². The Bertz CT molecular complexity index is 32.0. The molecule has 0 aromatic carbocycles. The zero-order valence-corrected chi connectivity index (χ0v) is 9.33. The molecule has 1 fully saturated rings. The second kappa shape index (κ2) is 7.06. The van der Waals surface area contributed by atoms with Crippen LogP contribution < -0.4 is 51.4 Å². The van der Waals surface area contributed by atoms with E-state index in [0.717, 1.165) is 13.1 Å². The summed E-state index contributed by atoms with van der Waals surface area (Å²) in [6.45, 7) is 2.19. The molecule has 0 unspecified atom stereocenters. The van der Waals surface area contributed by atoms with Crippen LogP contribution in [-0.2, 0) is 0 Å². The first kappa shape index (κ1) is 9.95. The van der Waals surface area contributed by atoms with E-state index in [4.69, 9.17) is 0 Å². The molecule has 0 amide bonds. The number of hydrogen-bond donors (Lipinski definition) is 0. The van der Waals surface area contributed by atoms with E-state index in [-0.39, 0.29) is 51.4 Å². The summed E-state index contributed by atoms with van der Waals surface area (Å²) in [5.41, 5.74) is 0. The molecule has 0 N–H and O–H groups in total. The molecule has 1 saturated heterocycles. The fraction of sp³-hybridized carbons (Fsp3) is 1.00. The summed E-state index contributed by atoms with van der Waals surface area (Å²) < 4.78 is 0. The van der Waals surface area contributed by atoms with Gasteiger partial charge < -0.3 is 5.32 Å². The molecule has 8 heavy (non-hydrogen) atoms. The summed E-state index contributed by atoms with van der Waals surface area (Å²) >= 11 is 2.02. The maximum Gasteiger partial charge on any atom is 1.00 e. The van der Waals surface area contributed by atoms with Gasteiger partial charge in [-0.2, -0.15) is 11.8 Å². The molecule has 0 atom stereocenters. The van der Waals surface area contributed by atoms with E-state index in [1.165, 1.54) is 17.9 Å². The van der Waals surface area contributed by atoms with Crippen molar-refractivity contribution in [1.82, 2.24) is 0 Å². The Hall–Kier alpha value is 1.95. The molecule has 0 radical (unpaired) electrons. The molecule has 3 heteroatoms. The van der Waals surface area contributed by atoms with Crippen molar-refractivity contribution in [3.63, 3.8) is 0 Å². The first-order valence-electron chi connectivity index (χ1n) is 2.71. The van der Waals surface area contributed by atoms with Gasteiger partial charge in [-0.25, -0.2) is 0 Å². The van der Waals surface area contributed by atoms with Gasteiger partial charge >= 0.3 is 51.4 Å². The van der Waals surface area contributed by atoms with Gasteiger partial charge in [-0.3, -0.25) is 0 Å². The smallest absolute Gasteiger partial charge is 0.662 e. The largest absolute Gasteiger partial charge is 1.00 e. The topological polar surface area (TPSA) is 14.1 Å². The number of nitrogens with zero attached hydrogens (tertiary/aromatic N) is 1. The second-order valence-corrected chi connectivity index (χ2v) is 2.86. The first-order chi connectivity index (χ1) is 3.50. The van der Waals surface area contributed by atoms with Crippen molar-refractivity contribution < 1.29 is 51.4 Å². The molecule has 0 bridgehead atoms. The van der Waals surface area contributed by atoms with Gasteiger partial charge in [0.05, 0.1) is 0 Å². The van der Waals surface area contributed by atoms with Crippen molar-refractivity contribution in [2.75, 3.05) is 24.6 Å². The van der Waals surface area contributed by atoms with Crippen molar-refractivity contribution in [2.45, 2.75) is 6.42 Å². The predicted molar refractivity (Wildman–Crippen MR) is 35.0 cm³/mol. The van der Waals surface area contributed by atoms with Crippen molar-refractivity contribution in [3.05, 3.63) is 5.32 Å². The zero-order valence-electron chi connectivity index (χ0n) is 5.39. The summed E-state index contributed by atoms with van der Waals surface area (Å²) in [5, 5.41) is 4.25. The third kappa shape index (κ3) is 4.79. The van der Waals surface area contributed by atoms with Gasteiger partial charge in [-0.1, -0.05) is 6.42 Å². The maximum absolute atomic E-state index is 4.25. The Labute approximate surface area is 97.8 Å². The minimum absolute atomic E-state index is 0. The fourth-order valence-corrected chi connectivity index (χ4v) is 1.42. The molecular formula is C5H10KNS. The van der Waals surface area contributed by atoms with Gasteiger partial charge in [0.15, 0.2) is 0 Å². The van der Waals surface area contributed by atoms with Crippen LogP contribution in [-0.4, -0.2) is 24.6 Å². The summed E-state index contributed by atoms with van der Waals surface area (Å²) in [4.78, 5) is 0. The molecular weight excluding hydrogens is 145 g/mol. The Balaban J connectivity index is 0.000000490. The van der Waals surface area contributed by atoms with E-state index in [0.29, 0.717) is 0 Å². The molecule has 1 aliphatic heterocycles. The molecule has 0 aromatic rings. The Morgan fingerprint density at radius 2 is 2.00 bits per heavy atom. The van der Waals surface area contributed by atoms with Crippen molar-refractivity contribution in [1.29, 1.82) is 0 Å². The summed E-state index contributed by atoms with van der Waals surface area (Å²) in [6, 6.07) is 0. The van der Waals surface area contributed by atoms with Crippen LogP contribution in [0.1, 0.15) is 6.42 Å². The maximum atomic E-state index is 4.25. The van der Waals surface area contributed by atoms with E-state index < -0.39 is 0 Å². The van der Waals surface area contributed by atoms with E-state index in [9.17, 15) is 0 Å². The minimum atomic E-state index is 0. The molecule has 1 nitrogen and oxygen atoms in total. The SMILES string of the molecule is C1C[N-]CCSC1.[K+]. The van der Waals surface area contributed by atoms with Crippen molar-refractivity contribution in [3.8, 4) is 0 Å². The van der Waals surface area contributed by atoms with Crippen LogP contribution in [0.5, 0.6) is 0 Å². The number of rotatable bonds is 0. The van der Waals surface area contributed by atoms with Gasteiger partial charge in [-0.15, -0.1) is 13.1 Å². The molecule has 1 rings (SSSR count). The van der Waals surface area contributed by atoms with E-state index in [2.05, 4.69) is 5.32 Å². The molecule has 0 spiro atoms. The molecule has 0 aromatic heterocycles. The molecule has 1 aliphatic rings. The standard InChI is InChI=1S/C5H10NS.K/c1-2-6-3-5-7-4-1;/h1-5H2;/q-1;+1.